The third kappa shape index (κ3) is 2.57. The van der Waals surface area contributed by atoms with Gasteiger partial charge in [0.05, 0.1) is 18.5 Å². The van der Waals surface area contributed by atoms with Gasteiger partial charge in [-0.2, -0.15) is 0 Å². The molecule has 0 saturated heterocycles. The number of anilines is 2. The Morgan fingerprint density at radius 1 is 1.26 bits per heavy atom. The zero-order chi connectivity index (χ0) is 13.8. The van der Waals surface area contributed by atoms with Crippen LogP contribution in [0.15, 0.2) is 41.3 Å². The normalized spacial score (nSPS) is 9.95. The van der Waals surface area contributed by atoms with Gasteiger partial charge in [-0.05, 0) is 18.2 Å². The highest BCUT2D eigenvalue weighted by atomic mass is 16.5. The number of carbonyl (C=O) groups is 1. The second kappa shape index (κ2) is 5.26. The zero-order valence-corrected chi connectivity index (χ0v) is 10.3. The summed E-state index contributed by atoms with van der Waals surface area (Å²) in [6.07, 6.45) is 1.44. The number of aromatic amines is 1. The fourth-order valence-electron chi connectivity index (χ4n) is 1.72. The summed E-state index contributed by atoms with van der Waals surface area (Å²) in [5.41, 5.74) is 5.53. The van der Waals surface area contributed by atoms with Crippen molar-refractivity contribution in [3.05, 3.63) is 52.4 Å². The van der Waals surface area contributed by atoms with Gasteiger partial charge in [0.1, 0.15) is 11.3 Å². The molecule has 1 amide bonds. The maximum absolute atomic E-state index is 11.6. The van der Waals surface area contributed by atoms with Crippen LogP contribution in [0.5, 0.6) is 5.75 Å². The summed E-state index contributed by atoms with van der Waals surface area (Å²) in [4.78, 5) is 25.3. The molecule has 98 valence electrons. The number of hydrogen-bond donors (Lipinski definition) is 3. The van der Waals surface area contributed by atoms with E-state index in [-0.39, 0.29) is 5.56 Å². The Morgan fingerprint density at radius 3 is 2.68 bits per heavy atom. The van der Waals surface area contributed by atoms with Gasteiger partial charge in [-0.3, -0.25) is 9.59 Å². The lowest BCUT2D eigenvalue weighted by molar-refractivity contribution is 0.0999. The first-order valence-corrected chi connectivity index (χ1v) is 5.55. The Morgan fingerprint density at radius 2 is 2.00 bits per heavy atom. The molecule has 1 aromatic heterocycles. The summed E-state index contributed by atoms with van der Waals surface area (Å²) < 4.78 is 5.18. The van der Waals surface area contributed by atoms with Crippen LogP contribution in [-0.2, 0) is 0 Å². The van der Waals surface area contributed by atoms with Crippen molar-refractivity contribution in [2.45, 2.75) is 0 Å². The summed E-state index contributed by atoms with van der Waals surface area (Å²) in [5.74, 6) is -0.197. The van der Waals surface area contributed by atoms with Gasteiger partial charge in [0, 0.05) is 6.20 Å². The lowest BCUT2D eigenvalue weighted by Gasteiger charge is -2.12. The van der Waals surface area contributed by atoms with Crippen LogP contribution in [0.25, 0.3) is 0 Å². The van der Waals surface area contributed by atoms with Gasteiger partial charge in [-0.15, -0.1) is 0 Å². The van der Waals surface area contributed by atoms with E-state index in [1.165, 1.54) is 13.3 Å². The van der Waals surface area contributed by atoms with Gasteiger partial charge in [0.15, 0.2) is 0 Å². The van der Waals surface area contributed by atoms with Crippen molar-refractivity contribution >= 4 is 17.3 Å². The molecule has 0 aliphatic carbocycles. The predicted octanol–water partition coefficient (Wildman–Crippen LogP) is 1.23. The number of ether oxygens (including phenoxy) is 1. The molecule has 0 bridgehead atoms. The summed E-state index contributed by atoms with van der Waals surface area (Å²) in [7, 11) is 1.54. The van der Waals surface area contributed by atoms with Crippen LogP contribution < -0.4 is 21.3 Å². The maximum atomic E-state index is 11.6. The van der Waals surface area contributed by atoms with E-state index in [1.54, 1.807) is 18.2 Å². The van der Waals surface area contributed by atoms with Crippen LogP contribution in [0.1, 0.15) is 10.4 Å². The number of primary amides is 1. The molecule has 4 N–H and O–H groups in total. The zero-order valence-electron chi connectivity index (χ0n) is 10.3. The standard InChI is InChI=1S/C13H13N3O3/c1-19-10-5-3-2-4-8(10)16-9-6-7-15-13(18)11(9)12(14)17/h2-7H,1H3,(H2,14,17)(H2,15,16,18). The number of nitrogens with one attached hydrogen (secondary N) is 2. The van der Waals surface area contributed by atoms with Gasteiger partial charge in [0.25, 0.3) is 11.5 Å². The van der Waals surface area contributed by atoms with Crippen molar-refractivity contribution in [3.8, 4) is 5.75 Å². The maximum Gasteiger partial charge on any atom is 0.262 e. The van der Waals surface area contributed by atoms with Crippen LogP contribution in [0.2, 0.25) is 0 Å². The van der Waals surface area contributed by atoms with E-state index in [0.29, 0.717) is 17.1 Å². The molecular formula is C13H13N3O3. The summed E-state index contributed by atoms with van der Waals surface area (Å²) in [5, 5.41) is 2.97. The predicted molar refractivity (Wildman–Crippen MR) is 71.9 cm³/mol. The van der Waals surface area contributed by atoms with Crippen molar-refractivity contribution in [1.82, 2.24) is 4.98 Å². The van der Waals surface area contributed by atoms with E-state index in [9.17, 15) is 9.59 Å². The molecule has 6 heteroatoms. The molecule has 0 aliphatic rings. The number of aromatic nitrogens is 1. The number of pyridine rings is 1. The molecule has 0 fully saturated rings. The largest absolute Gasteiger partial charge is 0.495 e. The second-order valence-electron chi connectivity index (χ2n) is 3.79. The van der Waals surface area contributed by atoms with Crippen molar-refractivity contribution < 1.29 is 9.53 Å². The van der Waals surface area contributed by atoms with Crippen LogP contribution in [0.4, 0.5) is 11.4 Å². The summed E-state index contributed by atoms with van der Waals surface area (Å²) in [6.45, 7) is 0. The van der Waals surface area contributed by atoms with Gasteiger partial charge in [0.2, 0.25) is 0 Å². The molecule has 0 atom stereocenters. The van der Waals surface area contributed by atoms with Crippen LogP contribution >= 0.6 is 0 Å². The third-order valence-electron chi connectivity index (χ3n) is 2.58. The fourth-order valence-corrected chi connectivity index (χ4v) is 1.72. The van der Waals surface area contributed by atoms with Gasteiger partial charge >= 0.3 is 0 Å². The van der Waals surface area contributed by atoms with Crippen molar-refractivity contribution in [2.75, 3.05) is 12.4 Å². The highest BCUT2D eigenvalue weighted by Crippen LogP contribution is 2.27. The molecular weight excluding hydrogens is 246 g/mol. The van der Waals surface area contributed by atoms with E-state index in [2.05, 4.69) is 10.3 Å². The van der Waals surface area contributed by atoms with E-state index < -0.39 is 11.5 Å². The molecule has 0 saturated carbocycles. The molecule has 2 aromatic rings. The number of nitrogens with two attached hydrogens (primary N) is 1. The number of H-pyrrole nitrogens is 1. The molecule has 6 nitrogen and oxygen atoms in total. The quantitative estimate of drug-likeness (QED) is 0.769. The molecule has 1 aromatic carbocycles. The molecule has 19 heavy (non-hydrogen) atoms. The third-order valence-corrected chi connectivity index (χ3v) is 2.58. The summed E-state index contributed by atoms with van der Waals surface area (Å²) in [6, 6.07) is 8.72. The number of hydrogen-bond acceptors (Lipinski definition) is 4. The number of rotatable bonds is 4. The molecule has 0 unspecified atom stereocenters. The summed E-state index contributed by atoms with van der Waals surface area (Å²) >= 11 is 0. The topological polar surface area (TPSA) is 97.2 Å². The molecule has 0 radical (unpaired) electrons. The Balaban J connectivity index is 2.47. The Labute approximate surface area is 109 Å². The Bertz CT molecular complexity index is 664. The van der Waals surface area contributed by atoms with E-state index >= 15 is 0 Å². The van der Waals surface area contributed by atoms with Crippen LogP contribution in [-0.4, -0.2) is 18.0 Å². The van der Waals surface area contributed by atoms with E-state index in [1.807, 2.05) is 12.1 Å². The average Bonchev–Trinajstić information content (AvgIpc) is 2.39. The van der Waals surface area contributed by atoms with E-state index in [4.69, 9.17) is 10.5 Å². The number of carbonyl (C=O) groups excluding carboxylic acids is 1. The highest BCUT2D eigenvalue weighted by Gasteiger charge is 2.13. The van der Waals surface area contributed by atoms with Gasteiger partial charge in [-0.25, -0.2) is 0 Å². The SMILES string of the molecule is COc1ccccc1Nc1cc[nH]c(=O)c1C(N)=O. The number of amides is 1. The first kappa shape index (κ1) is 12.7. The minimum atomic E-state index is -0.792. The minimum absolute atomic E-state index is 0.117. The Hall–Kier alpha value is -2.76. The van der Waals surface area contributed by atoms with Crippen LogP contribution in [0, 0.1) is 0 Å². The fraction of sp³-hybridized carbons (Fsp3) is 0.0769. The lowest BCUT2D eigenvalue weighted by atomic mass is 10.2. The van der Waals surface area contributed by atoms with Crippen molar-refractivity contribution in [1.29, 1.82) is 0 Å². The number of methoxy groups -OCH3 is 1. The second-order valence-corrected chi connectivity index (χ2v) is 3.79. The van der Waals surface area contributed by atoms with E-state index in [0.717, 1.165) is 0 Å². The van der Waals surface area contributed by atoms with Crippen molar-refractivity contribution in [2.24, 2.45) is 5.73 Å². The van der Waals surface area contributed by atoms with Gasteiger partial charge < -0.3 is 20.8 Å². The number of para-hydroxylation sites is 2. The first-order valence-electron chi connectivity index (χ1n) is 5.55. The van der Waals surface area contributed by atoms with Gasteiger partial charge in [-0.1, -0.05) is 12.1 Å². The lowest BCUT2D eigenvalue weighted by Crippen LogP contribution is -2.24. The minimum Gasteiger partial charge on any atom is -0.495 e. The molecule has 1 heterocycles. The monoisotopic (exact) mass is 259 g/mol. The number of benzene rings is 1. The first-order chi connectivity index (χ1) is 9.13. The molecule has 0 spiro atoms. The van der Waals surface area contributed by atoms with Crippen molar-refractivity contribution in [3.63, 3.8) is 0 Å². The molecule has 0 aliphatic heterocycles. The smallest absolute Gasteiger partial charge is 0.262 e. The Kier molecular flexibility index (Phi) is 3.51. The highest BCUT2D eigenvalue weighted by molar-refractivity contribution is 5.98. The molecule has 2 rings (SSSR count). The average molecular weight is 259 g/mol. The van der Waals surface area contributed by atoms with Crippen LogP contribution in [0.3, 0.4) is 0 Å².